The molecule has 2 aromatic carbocycles. The topological polar surface area (TPSA) is 51.3 Å². The lowest BCUT2D eigenvalue weighted by atomic mass is 10.1. The summed E-state index contributed by atoms with van der Waals surface area (Å²) in [5.41, 5.74) is 2.29. The molecule has 0 saturated carbocycles. The summed E-state index contributed by atoms with van der Waals surface area (Å²) in [4.78, 5) is 3.85. The average molecular weight is 396 g/mol. The Kier molecular flexibility index (Phi) is 6.14. The number of nitrogens with one attached hydrogen (secondary N) is 1. The van der Waals surface area contributed by atoms with E-state index < -0.39 is 0 Å². The molecule has 1 aromatic heterocycles. The molecule has 6 nitrogen and oxygen atoms in total. The predicted octanol–water partition coefficient (Wildman–Crippen LogP) is 2.11. The first-order valence-electron chi connectivity index (χ1n) is 10.4. The fourth-order valence-corrected chi connectivity index (χ4v) is 4.19. The van der Waals surface area contributed by atoms with Crippen molar-refractivity contribution in [1.29, 1.82) is 0 Å². The Balaban J connectivity index is 1.46. The number of halogens is 1. The van der Waals surface area contributed by atoms with E-state index in [4.69, 9.17) is 0 Å². The van der Waals surface area contributed by atoms with Crippen LogP contribution < -0.4 is 9.80 Å². The number of tetrazole rings is 1. The number of nitrogens with zero attached hydrogens (tertiary/aromatic N) is 5. The Morgan fingerprint density at radius 1 is 1.03 bits per heavy atom. The molecule has 4 rings (SSSR count). The molecular weight excluding hydrogens is 367 g/mol. The van der Waals surface area contributed by atoms with E-state index in [0.29, 0.717) is 6.54 Å². The van der Waals surface area contributed by atoms with Gasteiger partial charge in [0.05, 0.1) is 32.7 Å². The molecule has 0 unspecified atom stereocenters. The molecule has 0 amide bonds. The smallest absolute Gasteiger partial charge is 0.209 e. The minimum absolute atomic E-state index is 0.189. The van der Waals surface area contributed by atoms with Crippen molar-refractivity contribution in [2.24, 2.45) is 0 Å². The van der Waals surface area contributed by atoms with Gasteiger partial charge in [-0.05, 0) is 40.3 Å². The van der Waals surface area contributed by atoms with Crippen LogP contribution in [-0.2, 0) is 6.54 Å². The summed E-state index contributed by atoms with van der Waals surface area (Å²) in [6.07, 6.45) is 2.15. The zero-order valence-electron chi connectivity index (χ0n) is 16.8. The number of anilines is 1. The highest BCUT2D eigenvalue weighted by atomic mass is 19.1. The molecule has 0 bridgehead atoms. The van der Waals surface area contributed by atoms with Gasteiger partial charge in [0.2, 0.25) is 5.82 Å². The minimum atomic E-state index is -0.189. The van der Waals surface area contributed by atoms with Gasteiger partial charge in [0, 0.05) is 12.1 Å². The largest absolute Gasteiger partial charge is 0.360 e. The lowest BCUT2D eigenvalue weighted by Crippen LogP contribution is -3.15. The summed E-state index contributed by atoms with van der Waals surface area (Å²) in [5, 5.41) is 12.7. The predicted molar refractivity (Wildman–Crippen MR) is 110 cm³/mol. The molecule has 0 radical (unpaired) electrons. The second-order valence-electron chi connectivity index (χ2n) is 7.64. The van der Waals surface area contributed by atoms with Crippen LogP contribution in [0.15, 0.2) is 54.6 Å². The second-order valence-corrected chi connectivity index (χ2v) is 7.64. The van der Waals surface area contributed by atoms with E-state index in [0.717, 1.165) is 50.5 Å². The zero-order chi connectivity index (χ0) is 20.1. The number of piperazine rings is 1. The molecule has 1 aliphatic heterocycles. The van der Waals surface area contributed by atoms with Crippen molar-refractivity contribution < 1.29 is 9.29 Å². The lowest BCUT2D eigenvalue weighted by Gasteiger charge is -2.37. The van der Waals surface area contributed by atoms with E-state index in [1.165, 1.54) is 22.6 Å². The van der Waals surface area contributed by atoms with E-state index >= 15 is 0 Å². The van der Waals surface area contributed by atoms with Crippen LogP contribution in [0.25, 0.3) is 0 Å². The van der Waals surface area contributed by atoms with Crippen LogP contribution in [-0.4, -0.2) is 46.4 Å². The van der Waals surface area contributed by atoms with Gasteiger partial charge in [-0.3, -0.25) is 0 Å². The van der Waals surface area contributed by atoms with Crippen molar-refractivity contribution in [1.82, 2.24) is 20.2 Å². The van der Waals surface area contributed by atoms with E-state index in [1.54, 1.807) is 0 Å². The Morgan fingerprint density at radius 2 is 1.76 bits per heavy atom. The second kappa shape index (κ2) is 9.13. The number of aromatic nitrogens is 4. The van der Waals surface area contributed by atoms with E-state index in [2.05, 4.69) is 39.5 Å². The molecule has 7 heteroatoms. The van der Waals surface area contributed by atoms with Gasteiger partial charge in [0.25, 0.3) is 0 Å². The number of hydrogen-bond donors (Lipinski definition) is 1. The Hall–Kier alpha value is -2.80. The normalized spacial score (nSPS) is 16.1. The molecule has 2 heterocycles. The third-order valence-corrected chi connectivity index (χ3v) is 5.71. The Bertz CT molecular complexity index is 887. The highest BCUT2D eigenvalue weighted by molar-refractivity contribution is 5.46. The molecule has 3 aromatic rings. The van der Waals surface area contributed by atoms with E-state index in [-0.39, 0.29) is 11.9 Å². The van der Waals surface area contributed by atoms with Crippen LogP contribution in [0.4, 0.5) is 10.1 Å². The van der Waals surface area contributed by atoms with E-state index in [1.807, 2.05) is 35.0 Å². The summed E-state index contributed by atoms with van der Waals surface area (Å²) in [6.45, 7) is 6.83. The standard InChI is InChI=1S/C22H27FN6/c1-2-6-21(22-24-25-26-29(22)17-18-7-4-3-5-8-18)28-15-13-27(14-16-28)20-11-9-19(23)10-12-20/h3-5,7-12,21H,2,6,13-17H2,1H3/p+1/t21-/m0/s1. The van der Waals surface area contributed by atoms with Gasteiger partial charge >= 0.3 is 0 Å². The maximum Gasteiger partial charge on any atom is 0.209 e. The summed E-state index contributed by atoms with van der Waals surface area (Å²) in [5.74, 6) is 0.784. The van der Waals surface area contributed by atoms with Crippen LogP contribution in [0.1, 0.15) is 37.2 Å². The number of benzene rings is 2. The Labute approximate surface area is 170 Å². The summed E-state index contributed by atoms with van der Waals surface area (Å²) < 4.78 is 15.2. The molecule has 0 aliphatic carbocycles. The summed E-state index contributed by atoms with van der Waals surface area (Å²) in [6, 6.07) is 17.4. The highest BCUT2D eigenvalue weighted by Gasteiger charge is 2.32. The van der Waals surface area contributed by atoms with Crippen LogP contribution in [0.3, 0.4) is 0 Å². The average Bonchev–Trinajstić information content (AvgIpc) is 3.21. The first kappa shape index (κ1) is 19.5. The summed E-state index contributed by atoms with van der Waals surface area (Å²) >= 11 is 0. The molecule has 1 fully saturated rings. The molecule has 1 N–H and O–H groups in total. The van der Waals surface area contributed by atoms with Crippen molar-refractivity contribution in [3.05, 3.63) is 71.8 Å². The number of rotatable bonds is 7. The Morgan fingerprint density at radius 3 is 2.45 bits per heavy atom. The maximum absolute atomic E-state index is 13.2. The minimum Gasteiger partial charge on any atom is -0.360 e. The molecule has 1 saturated heterocycles. The molecule has 1 aliphatic rings. The van der Waals surface area contributed by atoms with Gasteiger partial charge < -0.3 is 9.80 Å². The molecular formula is C22H28FN6+. The monoisotopic (exact) mass is 395 g/mol. The van der Waals surface area contributed by atoms with E-state index in [9.17, 15) is 4.39 Å². The van der Waals surface area contributed by atoms with Crippen molar-refractivity contribution in [3.63, 3.8) is 0 Å². The third kappa shape index (κ3) is 4.62. The number of quaternary nitrogens is 1. The SMILES string of the molecule is CCC[C@@H](c1nnnn1Cc1ccccc1)[NH+]1CCN(c2ccc(F)cc2)CC1. The van der Waals surface area contributed by atoms with Crippen LogP contribution >= 0.6 is 0 Å². The van der Waals surface area contributed by atoms with Crippen LogP contribution in [0.2, 0.25) is 0 Å². The van der Waals surface area contributed by atoms with Gasteiger partial charge in [-0.15, -0.1) is 5.10 Å². The van der Waals surface area contributed by atoms with Gasteiger partial charge in [0.1, 0.15) is 11.9 Å². The highest BCUT2D eigenvalue weighted by Crippen LogP contribution is 2.17. The fourth-order valence-electron chi connectivity index (χ4n) is 4.19. The van der Waals surface area contributed by atoms with Crippen molar-refractivity contribution in [2.45, 2.75) is 32.4 Å². The van der Waals surface area contributed by atoms with Gasteiger partial charge in [0.15, 0.2) is 0 Å². The first-order chi connectivity index (χ1) is 14.2. The fraction of sp³-hybridized carbons (Fsp3) is 0.409. The molecule has 1 atom stereocenters. The van der Waals surface area contributed by atoms with Gasteiger partial charge in [-0.2, -0.15) is 0 Å². The van der Waals surface area contributed by atoms with Gasteiger partial charge in [-0.1, -0.05) is 43.7 Å². The van der Waals surface area contributed by atoms with Crippen molar-refractivity contribution in [3.8, 4) is 0 Å². The third-order valence-electron chi connectivity index (χ3n) is 5.71. The van der Waals surface area contributed by atoms with Crippen molar-refractivity contribution >= 4 is 5.69 Å². The van der Waals surface area contributed by atoms with Gasteiger partial charge in [-0.25, -0.2) is 9.07 Å². The lowest BCUT2D eigenvalue weighted by molar-refractivity contribution is -0.933. The van der Waals surface area contributed by atoms with Crippen LogP contribution in [0, 0.1) is 5.82 Å². The molecule has 152 valence electrons. The quantitative estimate of drug-likeness (QED) is 0.666. The van der Waals surface area contributed by atoms with Crippen molar-refractivity contribution in [2.75, 3.05) is 31.1 Å². The van der Waals surface area contributed by atoms with Crippen LogP contribution in [0.5, 0.6) is 0 Å². The maximum atomic E-state index is 13.2. The zero-order valence-corrected chi connectivity index (χ0v) is 16.8. The molecule has 29 heavy (non-hydrogen) atoms. The number of hydrogen-bond acceptors (Lipinski definition) is 4. The first-order valence-corrected chi connectivity index (χ1v) is 10.4. The molecule has 0 spiro atoms. The summed E-state index contributed by atoms with van der Waals surface area (Å²) in [7, 11) is 0.